The van der Waals surface area contributed by atoms with Gasteiger partial charge in [0.2, 0.25) is 0 Å². The minimum atomic E-state index is -0.552. The van der Waals surface area contributed by atoms with Crippen molar-refractivity contribution >= 4 is 6.09 Å². The number of rotatable bonds is 3. The molecule has 1 amide bonds. The van der Waals surface area contributed by atoms with Crippen molar-refractivity contribution in [1.29, 1.82) is 0 Å². The molecule has 0 aliphatic carbocycles. The van der Waals surface area contributed by atoms with E-state index in [0.29, 0.717) is 11.4 Å². The van der Waals surface area contributed by atoms with Crippen LogP contribution in [-0.4, -0.2) is 21.7 Å². The fourth-order valence-electron chi connectivity index (χ4n) is 2.07. The van der Waals surface area contributed by atoms with Crippen LogP contribution in [0.1, 0.15) is 45.1 Å². The number of carbonyl (C=O) groups is 1. The summed E-state index contributed by atoms with van der Waals surface area (Å²) in [5.41, 5.74) is 1.62. The fourth-order valence-corrected chi connectivity index (χ4v) is 2.07. The summed E-state index contributed by atoms with van der Waals surface area (Å²) < 4.78 is 18.6. The highest BCUT2D eigenvalue weighted by Crippen LogP contribution is 2.22. The number of halogens is 1. The minimum Gasteiger partial charge on any atom is -0.444 e. The van der Waals surface area contributed by atoms with Crippen molar-refractivity contribution in [2.45, 2.75) is 46.3 Å². The van der Waals surface area contributed by atoms with E-state index in [0.717, 1.165) is 11.3 Å². The first-order chi connectivity index (χ1) is 10.7. The first kappa shape index (κ1) is 17.0. The van der Waals surface area contributed by atoms with E-state index in [1.165, 1.54) is 6.07 Å². The van der Waals surface area contributed by atoms with Crippen molar-refractivity contribution in [1.82, 2.24) is 15.3 Å². The number of H-pyrrole nitrogens is 1. The van der Waals surface area contributed by atoms with Gasteiger partial charge in [-0.1, -0.05) is 0 Å². The third kappa shape index (κ3) is 4.55. The second kappa shape index (κ2) is 6.40. The number of benzene rings is 1. The van der Waals surface area contributed by atoms with E-state index in [-0.39, 0.29) is 11.9 Å². The predicted molar refractivity (Wildman–Crippen MR) is 86.5 cm³/mol. The Bertz CT molecular complexity index is 704. The molecule has 0 saturated heterocycles. The lowest BCUT2D eigenvalue weighted by molar-refractivity contribution is 0.0506. The molecule has 6 heteroatoms. The molecule has 0 unspecified atom stereocenters. The molecular weight excluding hydrogens is 297 g/mol. The topological polar surface area (TPSA) is 67.0 Å². The smallest absolute Gasteiger partial charge is 0.408 e. The summed E-state index contributed by atoms with van der Waals surface area (Å²) in [7, 11) is 0. The highest BCUT2D eigenvalue weighted by molar-refractivity contribution is 5.68. The summed E-state index contributed by atoms with van der Waals surface area (Å²) in [5.74, 6) is 0.362. The lowest BCUT2D eigenvalue weighted by Gasteiger charge is -2.21. The SMILES string of the molecule is Cc1cc(-c2cnc([C@@H](C)NC(=O)OC(C)(C)C)[nH]2)ccc1F. The van der Waals surface area contributed by atoms with Crippen molar-refractivity contribution in [3.05, 3.63) is 41.6 Å². The van der Waals surface area contributed by atoms with E-state index in [1.54, 1.807) is 46.0 Å². The molecule has 1 atom stereocenters. The Balaban J connectivity index is 2.09. The molecule has 1 aromatic carbocycles. The summed E-state index contributed by atoms with van der Waals surface area (Å²) >= 11 is 0. The van der Waals surface area contributed by atoms with Crippen LogP contribution in [-0.2, 0) is 4.74 Å². The largest absolute Gasteiger partial charge is 0.444 e. The van der Waals surface area contributed by atoms with Crippen LogP contribution in [0, 0.1) is 12.7 Å². The first-order valence-corrected chi connectivity index (χ1v) is 7.46. The maximum atomic E-state index is 13.3. The van der Waals surface area contributed by atoms with Gasteiger partial charge < -0.3 is 15.0 Å². The van der Waals surface area contributed by atoms with E-state index in [9.17, 15) is 9.18 Å². The van der Waals surface area contributed by atoms with Crippen molar-refractivity contribution < 1.29 is 13.9 Å². The number of alkyl carbamates (subject to hydrolysis) is 1. The number of imidazole rings is 1. The Kier molecular flexibility index (Phi) is 4.73. The zero-order valence-electron chi connectivity index (χ0n) is 14.0. The van der Waals surface area contributed by atoms with Crippen molar-refractivity contribution in [2.75, 3.05) is 0 Å². The summed E-state index contributed by atoms with van der Waals surface area (Å²) in [6.45, 7) is 8.93. The molecule has 124 valence electrons. The summed E-state index contributed by atoms with van der Waals surface area (Å²) in [4.78, 5) is 19.2. The van der Waals surface area contributed by atoms with Crippen LogP contribution in [0.2, 0.25) is 0 Å². The summed E-state index contributed by atoms with van der Waals surface area (Å²) in [6, 6.07) is 4.53. The van der Waals surface area contributed by atoms with Gasteiger partial charge in [0.15, 0.2) is 0 Å². The highest BCUT2D eigenvalue weighted by Gasteiger charge is 2.19. The summed E-state index contributed by atoms with van der Waals surface area (Å²) in [6.07, 6.45) is 1.16. The van der Waals surface area contributed by atoms with Gasteiger partial charge >= 0.3 is 6.09 Å². The molecule has 1 aromatic heterocycles. The Morgan fingerprint density at radius 3 is 2.70 bits per heavy atom. The van der Waals surface area contributed by atoms with Crippen LogP contribution in [0.15, 0.2) is 24.4 Å². The van der Waals surface area contributed by atoms with Gasteiger partial charge in [-0.05, 0) is 58.4 Å². The molecule has 2 aromatic rings. The van der Waals surface area contributed by atoms with Crippen LogP contribution >= 0.6 is 0 Å². The maximum Gasteiger partial charge on any atom is 0.408 e. The van der Waals surface area contributed by atoms with Gasteiger partial charge in [0.25, 0.3) is 0 Å². The molecule has 0 aliphatic rings. The maximum absolute atomic E-state index is 13.3. The van der Waals surface area contributed by atoms with Gasteiger partial charge in [0.1, 0.15) is 17.2 Å². The third-order valence-electron chi connectivity index (χ3n) is 3.21. The average Bonchev–Trinajstić information content (AvgIpc) is 2.89. The van der Waals surface area contributed by atoms with Gasteiger partial charge in [-0.25, -0.2) is 14.2 Å². The van der Waals surface area contributed by atoms with Crippen LogP contribution in [0.25, 0.3) is 11.3 Å². The molecule has 1 heterocycles. The normalized spacial score (nSPS) is 12.8. The molecule has 0 saturated carbocycles. The number of aromatic amines is 1. The zero-order valence-corrected chi connectivity index (χ0v) is 14.0. The number of carbonyl (C=O) groups excluding carboxylic acids is 1. The Morgan fingerprint density at radius 2 is 2.09 bits per heavy atom. The number of nitrogens with zero attached hydrogens (tertiary/aromatic N) is 1. The third-order valence-corrected chi connectivity index (χ3v) is 3.21. The second-order valence-corrected chi connectivity index (χ2v) is 6.51. The van der Waals surface area contributed by atoms with Crippen molar-refractivity contribution in [3.8, 4) is 11.3 Å². The molecule has 0 spiro atoms. The van der Waals surface area contributed by atoms with E-state index in [4.69, 9.17) is 4.74 Å². The van der Waals surface area contributed by atoms with E-state index in [1.807, 2.05) is 6.92 Å². The summed E-state index contributed by atoms with van der Waals surface area (Å²) in [5, 5.41) is 2.72. The Morgan fingerprint density at radius 1 is 1.39 bits per heavy atom. The van der Waals surface area contributed by atoms with Crippen LogP contribution in [0.4, 0.5) is 9.18 Å². The fraction of sp³-hybridized carbons (Fsp3) is 0.412. The number of ether oxygens (including phenoxy) is 1. The number of nitrogens with one attached hydrogen (secondary N) is 2. The average molecular weight is 319 g/mol. The van der Waals surface area contributed by atoms with E-state index >= 15 is 0 Å². The quantitative estimate of drug-likeness (QED) is 0.894. The standard InChI is InChI=1S/C17H22FN3O2/c1-10-8-12(6-7-13(10)18)14-9-19-15(21-14)11(2)20-16(22)23-17(3,4)5/h6-9,11H,1-5H3,(H,19,21)(H,20,22)/t11-/m1/s1. The van der Waals surface area contributed by atoms with Gasteiger partial charge in [0.05, 0.1) is 17.9 Å². The molecule has 2 N–H and O–H groups in total. The van der Waals surface area contributed by atoms with Gasteiger partial charge in [-0.15, -0.1) is 0 Å². The number of amides is 1. The molecule has 0 radical (unpaired) electrons. The Labute approximate surface area is 135 Å². The molecule has 0 bridgehead atoms. The monoisotopic (exact) mass is 319 g/mol. The molecule has 5 nitrogen and oxygen atoms in total. The number of aromatic nitrogens is 2. The Hall–Kier alpha value is -2.37. The molecule has 0 aliphatic heterocycles. The van der Waals surface area contributed by atoms with Crippen molar-refractivity contribution in [3.63, 3.8) is 0 Å². The van der Waals surface area contributed by atoms with Crippen molar-refractivity contribution in [2.24, 2.45) is 0 Å². The number of hydrogen-bond donors (Lipinski definition) is 2. The highest BCUT2D eigenvalue weighted by atomic mass is 19.1. The lowest BCUT2D eigenvalue weighted by Crippen LogP contribution is -2.34. The van der Waals surface area contributed by atoms with E-state index < -0.39 is 11.7 Å². The van der Waals surface area contributed by atoms with E-state index in [2.05, 4.69) is 15.3 Å². The van der Waals surface area contributed by atoms with Gasteiger partial charge in [-0.3, -0.25) is 0 Å². The van der Waals surface area contributed by atoms with Gasteiger partial charge in [-0.2, -0.15) is 0 Å². The molecule has 2 rings (SSSR count). The molecular formula is C17H22FN3O2. The second-order valence-electron chi connectivity index (χ2n) is 6.51. The van der Waals surface area contributed by atoms with Gasteiger partial charge in [0, 0.05) is 5.56 Å². The predicted octanol–water partition coefficient (Wildman–Crippen LogP) is 4.11. The van der Waals surface area contributed by atoms with Crippen LogP contribution in [0.3, 0.4) is 0 Å². The van der Waals surface area contributed by atoms with Crippen LogP contribution in [0.5, 0.6) is 0 Å². The molecule has 23 heavy (non-hydrogen) atoms. The zero-order chi connectivity index (χ0) is 17.2. The first-order valence-electron chi connectivity index (χ1n) is 7.46. The molecule has 0 fully saturated rings. The number of hydrogen-bond acceptors (Lipinski definition) is 3. The van der Waals surface area contributed by atoms with Crippen LogP contribution < -0.4 is 5.32 Å². The number of aryl methyl sites for hydroxylation is 1. The lowest BCUT2D eigenvalue weighted by atomic mass is 10.1. The minimum absolute atomic E-state index is 0.242.